The van der Waals surface area contributed by atoms with E-state index in [1.807, 2.05) is 0 Å². The Morgan fingerprint density at radius 3 is 2.33 bits per heavy atom. The monoisotopic (exact) mass is 115 g/mol. The minimum atomic E-state index is 0.492. The third kappa shape index (κ3) is 4.28. The lowest BCUT2D eigenvalue weighted by atomic mass is 8.79. The smallest absolute Gasteiger partial charge is 0.226 e. The third-order valence-corrected chi connectivity index (χ3v) is 1.58. The Bertz CT molecular complexity index is 118. The maximum Gasteiger partial charge on any atom is 0.226 e. The van der Waals surface area contributed by atoms with E-state index in [0.29, 0.717) is 20.1 Å². The van der Waals surface area contributed by atoms with E-state index in [9.17, 15) is 4.79 Å². The first-order valence-electron chi connectivity index (χ1n) is 3.22. The third-order valence-electron chi connectivity index (χ3n) is 1.58. The lowest BCUT2D eigenvalue weighted by Gasteiger charge is -2.01. The van der Waals surface area contributed by atoms with Crippen LogP contribution in [-0.2, 0) is 4.79 Å². The van der Waals surface area contributed by atoms with Crippen LogP contribution in [0.5, 0.6) is 0 Å². The number of carbonyl (C=O) groups excluding carboxylic acids is 1. The Morgan fingerprint density at radius 2 is 2.00 bits per heavy atom. The molecule has 0 rings (SSSR count). The van der Waals surface area contributed by atoms with Gasteiger partial charge in [-0.05, 0) is 0 Å². The molecule has 0 amide bonds. The average Bonchev–Trinajstić information content (AvgIpc) is 1.82. The molecule has 0 unspecified atom stereocenters. The number of isocyanates is 1. The van der Waals surface area contributed by atoms with Crippen molar-refractivity contribution in [2.24, 2.45) is 4.90 Å². The molecule has 0 saturated heterocycles. The predicted molar refractivity (Wildman–Crippen MR) is 52.4 cm³/mol. The maximum atomic E-state index is 9.64. The summed E-state index contributed by atoms with van der Waals surface area (Å²) >= 11 is 0. The largest absolute Gasteiger partial charge is 0.284 e. The van der Waals surface area contributed by atoms with Gasteiger partial charge in [0.1, 0.15) is 0 Å². The minimum Gasteiger partial charge on any atom is -0.284 e. The SMILES string of the molecule is BB(B)B(B)BN=C=O. The Hall–Kier alpha value is -0.230. The fourth-order valence-corrected chi connectivity index (χ4v) is 0.392. The lowest BCUT2D eigenvalue weighted by Crippen LogP contribution is -2.42. The summed E-state index contributed by atoms with van der Waals surface area (Å²) < 4.78 is 0. The second-order valence-corrected chi connectivity index (χ2v) is 2.65. The number of rotatable bonds is 3. The summed E-state index contributed by atoms with van der Waals surface area (Å²) in [5.74, 6) is 0. The van der Waals surface area contributed by atoms with E-state index in [1.165, 1.54) is 6.08 Å². The van der Waals surface area contributed by atoms with Crippen LogP contribution in [0.4, 0.5) is 0 Å². The standard InChI is InChI=1S/CH7B6NO/c2-6(3)7(4)5-8-1-9/h5H,2-4H2. The van der Waals surface area contributed by atoms with Crippen molar-refractivity contribution in [3.05, 3.63) is 0 Å². The van der Waals surface area contributed by atoms with Crippen LogP contribution in [-0.4, -0.2) is 49.4 Å². The van der Waals surface area contributed by atoms with Crippen LogP contribution in [0.2, 0.25) is 0 Å². The molecule has 0 N–H and O–H groups in total. The van der Waals surface area contributed by atoms with E-state index in [2.05, 4.69) is 28.1 Å². The molecule has 0 aromatic rings. The Morgan fingerprint density at radius 1 is 1.44 bits per heavy atom. The van der Waals surface area contributed by atoms with Crippen molar-refractivity contribution in [1.82, 2.24) is 0 Å². The van der Waals surface area contributed by atoms with E-state index in [4.69, 9.17) is 0 Å². The van der Waals surface area contributed by atoms with Gasteiger partial charge in [-0.25, -0.2) is 4.79 Å². The van der Waals surface area contributed by atoms with Crippen LogP contribution < -0.4 is 0 Å². The molecular formula is CH7B6NO. The molecule has 0 bridgehead atoms. The van der Waals surface area contributed by atoms with E-state index in [0.717, 1.165) is 0 Å². The van der Waals surface area contributed by atoms with Gasteiger partial charge in [-0.2, -0.15) is 0 Å². The van der Waals surface area contributed by atoms with Gasteiger partial charge in [-0.3, -0.25) is 4.90 Å². The van der Waals surface area contributed by atoms with Crippen LogP contribution in [0.3, 0.4) is 0 Å². The average molecular weight is 114 g/mol. The van der Waals surface area contributed by atoms with Crippen LogP contribution in [0.1, 0.15) is 0 Å². The summed E-state index contributed by atoms with van der Waals surface area (Å²) in [6.45, 7) is 0. The van der Waals surface area contributed by atoms with Crippen LogP contribution in [0, 0.1) is 0 Å². The minimum absolute atomic E-state index is 0.492. The summed E-state index contributed by atoms with van der Waals surface area (Å²) in [6, 6.07) is 0. The zero-order chi connectivity index (χ0) is 7.28. The van der Waals surface area contributed by atoms with Gasteiger partial charge in [0.25, 0.3) is 0 Å². The van der Waals surface area contributed by atoms with Gasteiger partial charge >= 0.3 is 0 Å². The van der Waals surface area contributed by atoms with Crippen LogP contribution in [0.25, 0.3) is 0 Å². The molecule has 8 heteroatoms. The quantitative estimate of drug-likeness (QED) is 0.207. The first-order chi connectivity index (χ1) is 4.18. The highest BCUT2D eigenvalue weighted by Crippen LogP contribution is 1.73. The van der Waals surface area contributed by atoms with Gasteiger partial charge in [0.15, 0.2) is 0 Å². The molecule has 0 radical (unpaired) electrons. The Balaban J connectivity index is 3.49. The summed E-state index contributed by atoms with van der Waals surface area (Å²) in [7, 11) is 6.92. The molecule has 0 saturated carbocycles. The van der Waals surface area contributed by atoms with Gasteiger partial charge in [0.05, 0.1) is 29.6 Å². The Labute approximate surface area is 59.8 Å². The fourth-order valence-electron chi connectivity index (χ4n) is 0.392. The first-order valence-corrected chi connectivity index (χ1v) is 3.22. The van der Waals surface area contributed by atoms with E-state index < -0.39 is 0 Å². The molecule has 0 spiro atoms. The molecule has 0 fully saturated rings. The number of hydrogen-bond donors (Lipinski definition) is 0. The van der Waals surface area contributed by atoms with E-state index in [-0.39, 0.29) is 0 Å². The molecule has 40 valence electrons. The predicted octanol–water partition coefficient (Wildman–Crippen LogP) is -4.37. The normalized spacial score (nSPS) is 7.11. The van der Waals surface area contributed by atoms with Gasteiger partial charge in [-0.1, -0.05) is 0 Å². The van der Waals surface area contributed by atoms with Crippen molar-refractivity contribution >= 4 is 49.4 Å². The van der Waals surface area contributed by atoms with Crippen LogP contribution in [0.15, 0.2) is 4.90 Å². The molecule has 2 nitrogen and oxygen atoms in total. The van der Waals surface area contributed by atoms with Gasteiger partial charge in [0, 0.05) is 6.39 Å². The molecule has 0 aliphatic heterocycles. The van der Waals surface area contributed by atoms with Crippen molar-refractivity contribution in [3.8, 4) is 0 Å². The molecule has 0 atom stereocenters. The number of nitrogens with zero attached hydrogens (tertiary/aromatic N) is 1. The van der Waals surface area contributed by atoms with Crippen molar-refractivity contribution in [1.29, 1.82) is 0 Å². The van der Waals surface area contributed by atoms with E-state index in [1.54, 1.807) is 0 Å². The molecule has 0 aromatic carbocycles. The highest BCUT2D eigenvalue weighted by atomic mass is 16.1. The summed E-state index contributed by atoms with van der Waals surface area (Å²) in [5.41, 5.74) is 0. The summed E-state index contributed by atoms with van der Waals surface area (Å²) in [4.78, 5) is 13.1. The summed E-state index contributed by atoms with van der Waals surface area (Å²) in [6.07, 6.45) is 2.62. The van der Waals surface area contributed by atoms with Crippen LogP contribution >= 0.6 is 0 Å². The molecule has 0 heterocycles. The van der Waals surface area contributed by atoms with Gasteiger partial charge < -0.3 is 0 Å². The van der Waals surface area contributed by atoms with Crippen molar-refractivity contribution < 1.29 is 4.79 Å². The van der Waals surface area contributed by atoms with Crippen molar-refractivity contribution in [2.45, 2.75) is 0 Å². The molecular weight excluding hydrogens is 107 g/mol. The second kappa shape index (κ2) is 4.63. The zero-order valence-electron chi connectivity index (χ0n) is 6.22. The second-order valence-electron chi connectivity index (χ2n) is 2.65. The van der Waals surface area contributed by atoms with Gasteiger partial charge in [-0.15, -0.1) is 0 Å². The van der Waals surface area contributed by atoms with Crippen molar-refractivity contribution in [3.63, 3.8) is 0 Å². The highest BCUT2D eigenvalue weighted by molar-refractivity contribution is 7.77. The van der Waals surface area contributed by atoms with E-state index >= 15 is 0 Å². The molecule has 0 aromatic heterocycles. The summed E-state index contributed by atoms with van der Waals surface area (Å²) in [5, 5.41) is 0. The lowest BCUT2D eigenvalue weighted by molar-refractivity contribution is 0.566. The first kappa shape index (κ1) is 8.77. The molecule has 9 heavy (non-hydrogen) atoms. The molecule has 0 aliphatic carbocycles. The maximum absolute atomic E-state index is 9.64. The van der Waals surface area contributed by atoms with Crippen molar-refractivity contribution in [2.75, 3.05) is 0 Å². The van der Waals surface area contributed by atoms with Gasteiger partial charge in [0.2, 0.25) is 13.4 Å². The topological polar surface area (TPSA) is 29.4 Å². The zero-order valence-corrected chi connectivity index (χ0v) is 6.22. The molecule has 0 aliphatic rings. The fraction of sp³-hybridized carbons (Fsp3) is 0. The highest BCUT2D eigenvalue weighted by Gasteiger charge is 2.13. The Kier molecular flexibility index (Phi) is 4.51. The number of hydrogen-bond acceptors (Lipinski definition) is 2.